The van der Waals surface area contributed by atoms with Gasteiger partial charge in [0.2, 0.25) is 5.95 Å². The molecular weight excluding hydrogens is 393 g/mol. The molecule has 1 aliphatic carbocycles. The van der Waals surface area contributed by atoms with Crippen molar-refractivity contribution in [3.63, 3.8) is 0 Å². The molecule has 1 amide bonds. The van der Waals surface area contributed by atoms with Gasteiger partial charge in [0.1, 0.15) is 5.82 Å². The number of rotatable bonds is 7. The van der Waals surface area contributed by atoms with E-state index in [0.29, 0.717) is 36.0 Å². The number of hydrogen-bond acceptors (Lipinski definition) is 8. The zero-order valence-electron chi connectivity index (χ0n) is 16.6. The van der Waals surface area contributed by atoms with Crippen LogP contribution in [0.5, 0.6) is 0 Å². The van der Waals surface area contributed by atoms with Gasteiger partial charge < -0.3 is 21.1 Å². The number of hydrogen-bond donors (Lipinski definition) is 3. The van der Waals surface area contributed by atoms with Crippen molar-refractivity contribution in [2.45, 2.75) is 25.8 Å². The maximum atomic E-state index is 14.2. The first-order chi connectivity index (χ1) is 14.4. The van der Waals surface area contributed by atoms with E-state index in [1.165, 1.54) is 17.3 Å². The highest BCUT2D eigenvalue weighted by molar-refractivity contribution is 5.94. The van der Waals surface area contributed by atoms with Crippen LogP contribution in [0.25, 0.3) is 0 Å². The molecule has 1 aromatic heterocycles. The topological polar surface area (TPSA) is 135 Å². The van der Waals surface area contributed by atoms with Gasteiger partial charge in [-0.15, -0.1) is 4.91 Å². The Morgan fingerprint density at radius 1 is 1.37 bits per heavy atom. The molecule has 1 aromatic carbocycles. The fourth-order valence-corrected chi connectivity index (χ4v) is 3.93. The Morgan fingerprint density at radius 2 is 2.10 bits per heavy atom. The average molecular weight is 415 g/mol. The van der Waals surface area contributed by atoms with Gasteiger partial charge in [0, 0.05) is 18.2 Å². The van der Waals surface area contributed by atoms with E-state index < -0.39 is 11.7 Å². The normalized spacial score (nSPS) is 17.0. The highest BCUT2D eigenvalue weighted by atomic mass is 19.1. The minimum atomic E-state index is -0.845. The second-order valence-electron chi connectivity index (χ2n) is 7.80. The van der Waals surface area contributed by atoms with Crippen molar-refractivity contribution in [1.29, 1.82) is 0 Å². The predicted molar refractivity (Wildman–Crippen MR) is 109 cm³/mol. The minimum absolute atomic E-state index is 0.0738. The number of benzene rings is 1. The second kappa shape index (κ2) is 7.48. The molecule has 0 radical (unpaired) electrons. The monoisotopic (exact) mass is 415 g/mol. The number of carbonyl (C=O) groups excluding carboxylic acids is 1. The summed E-state index contributed by atoms with van der Waals surface area (Å²) in [4.78, 5) is 31.6. The number of nitrogens with two attached hydrogens (primary N) is 1. The van der Waals surface area contributed by atoms with Crippen molar-refractivity contribution < 1.29 is 13.9 Å². The first kappa shape index (κ1) is 20.0. The van der Waals surface area contributed by atoms with Gasteiger partial charge in [0.05, 0.1) is 42.0 Å². The third-order valence-corrected chi connectivity index (χ3v) is 5.67. The van der Waals surface area contributed by atoms with Crippen LogP contribution < -0.4 is 21.4 Å². The van der Waals surface area contributed by atoms with E-state index in [0.717, 1.165) is 18.9 Å². The van der Waals surface area contributed by atoms with Crippen LogP contribution in [0, 0.1) is 23.1 Å². The van der Waals surface area contributed by atoms with Gasteiger partial charge in [-0.05, 0) is 37.5 Å². The Morgan fingerprint density at radius 3 is 2.67 bits per heavy atom. The standard InChI is InChI=1S/C19H22FN7O3/c1-10-3-12(16(21)28)13(20)4-14(10)24-18-23-7-15(22-2)17(25-18)27(26-29)11-5-19(6-11)8-30-9-19/h3-4,7,11,22H,5-6,8-9H2,1-2H3,(H2,21,28)(H,23,24,25). The lowest BCUT2D eigenvalue weighted by Gasteiger charge is -2.54. The SMILES string of the molecule is CNc1cnc(Nc2cc(F)c(C(N)=O)cc2C)nc1N(N=O)C1CC2(COC2)C1. The molecule has 1 spiro atoms. The number of nitroso groups, excluding NO2 is 1. The third-order valence-electron chi connectivity index (χ3n) is 5.67. The van der Waals surface area contributed by atoms with E-state index in [1.54, 1.807) is 14.0 Å². The van der Waals surface area contributed by atoms with E-state index in [-0.39, 0.29) is 23.0 Å². The molecule has 1 saturated heterocycles. The molecule has 11 heteroatoms. The number of carbonyl (C=O) groups is 1. The van der Waals surface area contributed by atoms with E-state index in [1.807, 2.05) is 0 Å². The van der Waals surface area contributed by atoms with E-state index in [9.17, 15) is 14.1 Å². The van der Waals surface area contributed by atoms with Gasteiger partial charge in [-0.25, -0.2) is 14.4 Å². The van der Waals surface area contributed by atoms with Gasteiger partial charge in [0.25, 0.3) is 5.91 Å². The molecule has 30 heavy (non-hydrogen) atoms. The van der Waals surface area contributed by atoms with Crippen molar-refractivity contribution in [2.75, 3.05) is 35.9 Å². The summed E-state index contributed by atoms with van der Waals surface area (Å²) in [5, 5.41) is 10.4. The zero-order chi connectivity index (χ0) is 21.5. The Kier molecular flexibility index (Phi) is 4.98. The Bertz CT molecular complexity index is 1000. The molecule has 2 fully saturated rings. The summed E-state index contributed by atoms with van der Waals surface area (Å²) in [7, 11) is 1.70. The van der Waals surface area contributed by atoms with Gasteiger partial charge in [-0.1, -0.05) is 0 Å². The zero-order valence-corrected chi connectivity index (χ0v) is 16.6. The van der Waals surface area contributed by atoms with Crippen molar-refractivity contribution in [1.82, 2.24) is 9.97 Å². The highest BCUT2D eigenvalue weighted by Gasteiger charge is 2.52. The van der Waals surface area contributed by atoms with E-state index in [2.05, 4.69) is 25.9 Å². The minimum Gasteiger partial charge on any atom is -0.384 e. The molecule has 2 heterocycles. The Hall–Kier alpha value is -3.34. The summed E-state index contributed by atoms with van der Waals surface area (Å²) in [6, 6.07) is 2.44. The number of anilines is 4. The summed E-state index contributed by atoms with van der Waals surface area (Å²) in [5.41, 5.74) is 6.64. The smallest absolute Gasteiger partial charge is 0.251 e. The lowest BCUT2D eigenvalue weighted by molar-refractivity contribution is -0.163. The first-order valence-corrected chi connectivity index (χ1v) is 9.48. The first-order valence-electron chi connectivity index (χ1n) is 9.48. The number of nitrogens with one attached hydrogen (secondary N) is 2. The maximum Gasteiger partial charge on any atom is 0.251 e. The number of halogens is 1. The number of primary amides is 1. The lowest BCUT2D eigenvalue weighted by atomic mass is 9.64. The van der Waals surface area contributed by atoms with Gasteiger partial charge in [0.15, 0.2) is 5.82 Å². The van der Waals surface area contributed by atoms with E-state index in [4.69, 9.17) is 10.5 Å². The van der Waals surface area contributed by atoms with Crippen molar-refractivity contribution >= 4 is 29.0 Å². The van der Waals surface area contributed by atoms with E-state index >= 15 is 0 Å². The predicted octanol–water partition coefficient (Wildman–Crippen LogP) is 2.48. The fraction of sp³-hybridized carbons (Fsp3) is 0.421. The molecule has 4 N–H and O–H groups in total. The van der Waals surface area contributed by atoms with Crippen LogP contribution in [-0.4, -0.2) is 42.2 Å². The molecular formula is C19H22FN7O3. The quantitative estimate of drug-likeness (QED) is 0.464. The van der Waals surface area contributed by atoms with Crippen LogP contribution in [0.3, 0.4) is 0 Å². The summed E-state index contributed by atoms with van der Waals surface area (Å²) in [5.74, 6) is -1.10. The second-order valence-corrected chi connectivity index (χ2v) is 7.80. The lowest BCUT2D eigenvalue weighted by Crippen LogP contribution is -2.59. The van der Waals surface area contributed by atoms with Crippen LogP contribution in [0.1, 0.15) is 28.8 Å². The number of nitrogens with zero attached hydrogens (tertiary/aromatic N) is 4. The maximum absolute atomic E-state index is 14.2. The number of aryl methyl sites for hydroxylation is 1. The van der Waals surface area contributed by atoms with Crippen LogP contribution in [-0.2, 0) is 4.74 Å². The molecule has 1 saturated carbocycles. The fourth-order valence-electron chi connectivity index (χ4n) is 3.93. The number of aromatic nitrogens is 2. The molecule has 0 unspecified atom stereocenters. The van der Waals surface area contributed by atoms with Crippen molar-refractivity contribution in [3.8, 4) is 0 Å². The largest absolute Gasteiger partial charge is 0.384 e. The van der Waals surface area contributed by atoms with Gasteiger partial charge in [-0.2, -0.15) is 4.98 Å². The molecule has 158 valence electrons. The molecule has 0 atom stereocenters. The number of ether oxygens (including phenoxy) is 1. The van der Waals surface area contributed by atoms with Crippen molar-refractivity contribution in [2.24, 2.45) is 16.4 Å². The van der Waals surface area contributed by atoms with Crippen LogP contribution in [0.15, 0.2) is 23.6 Å². The van der Waals surface area contributed by atoms with Gasteiger partial charge >= 0.3 is 0 Å². The molecule has 0 bridgehead atoms. The Labute approximate surface area is 172 Å². The molecule has 2 aromatic rings. The average Bonchev–Trinajstić information content (AvgIpc) is 2.65. The number of amides is 1. The summed E-state index contributed by atoms with van der Waals surface area (Å²) in [6.07, 6.45) is 3.12. The molecule has 10 nitrogen and oxygen atoms in total. The van der Waals surface area contributed by atoms with Crippen molar-refractivity contribution in [3.05, 3.63) is 40.2 Å². The highest BCUT2D eigenvalue weighted by Crippen LogP contribution is 2.50. The van der Waals surface area contributed by atoms with Crippen LogP contribution in [0.4, 0.5) is 27.5 Å². The molecule has 1 aliphatic heterocycles. The van der Waals surface area contributed by atoms with Crippen LogP contribution in [0.2, 0.25) is 0 Å². The summed E-state index contributed by atoms with van der Waals surface area (Å²) >= 11 is 0. The van der Waals surface area contributed by atoms with Gasteiger partial charge in [-0.3, -0.25) is 4.79 Å². The van der Waals surface area contributed by atoms with Crippen LogP contribution >= 0.6 is 0 Å². The summed E-state index contributed by atoms with van der Waals surface area (Å²) in [6.45, 7) is 3.11. The third kappa shape index (κ3) is 3.41. The molecule has 4 rings (SSSR count). The summed E-state index contributed by atoms with van der Waals surface area (Å²) < 4.78 is 19.5. The molecule has 2 aliphatic rings. The Balaban J connectivity index is 1.60.